The number of nitrogens with zero attached hydrogens (tertiary/aromatic N) is 1. The van der Waals surface area contributed by atoms with Crippen molar-refractivity contribution in [3.05, 3.63) is 70.8 Å². The lowest BCUT2D eigenvalue weighted by Crippen LogP contribution is -2.36. The van der Waals surface area contributed by atoms with E-state index in [4.69, 9.17) is 4.84 Å². The van der Waals surface area contributed by atoms with E-state index in [9.17, 15) is 18.4 Å². The van der Waals surface area contributed by atoms with Gasteiger partial charge < -0.3 is 5.32 Å². The number of hydrogen-bond acceptors (Lipinski definition) is 3. The van der Waals surface area contributed by atoms with E-state index < -0.39 is 5.82 Å². The third-order valence-corrected chi connectivity index (χ3v) is 6.54. The maximum atomic E-state index is 14.0. The highest BCUT2D eigenvalue weighted by Crippen LogP contribution is 2.37. The highest BCUT2D eigenvalue weighted by Gasteiger charge is 2.37. The molecule has 2 amide bonds. The van der Waals surface area contributed by atoms with Crippen LogP contribution in [0.4, 0.5) is 8.78 Å². The number of hydrogen-bond donors (Lipinski definition) is 1. The third-order valence-electron chi connectivity index (χ3n) is 6.54. The molecule has 170 valence electrons. The van der Waals surface area contributed by atoms with Crippen molar-refractivity contribution in [2.75, 3.05) is 13.7 Å². The SMILES string of the molecule is CNC(=O)c1cc(F)cc(CC2CCC(C(=O)N3OCC[C@H]3c3ccc(F)cc3)CC2)c1. The Balaban J connectivity index is 1.35. The molecule has 1 aliphatic heterocycles. The molecule has 1 heterocycles. The normalized spacial score (nSPS) is 23.2. The summed E-state index contributed by atoms with van der Waals surface area (Å²) in [6.45, 7) is 0.469. The second-order valence-electron chi connectivity index (χ2n) is 8.70. The number of halogens is 2. The highest BCUT2D eigenvalue weighted by atomic mass is 19.1. The predicted octanol–water partition coefficient (Wildman–Crippen LogP) is 4.58. The zero-order valence-corrected chi connectivity index (χ0v) is 18.2. The average molecular weight is 443 g/mol. The van der Waals surface area contributed by atoms with Crippen LogP contribution in [0.25, 0.3) is 0 Å². The van der Waals surface area contributed by atoms with E-state index >= 15 is 0 Å². The Kier molecular flexibility index (Phi) is 6.84. The van der Waals surface area contributed by atoms with E-state index in [0.29, 0.717) is 30.9 Å². The van der Waals surface area contributed by atoms with Crippen molar-refractivity contribution < 1.29 is 23.2 Å². The minimum absolute atomic E-state index is 0.0112. The Morgan fingerprint density at radius 1 is 1.00 bits per heavy atom. The van der Waals surface area contributed by atoms with Gasteiger partial charge >= 0.3 is 0 Å². The number of benzene rings is 2. The number of carbonyl (C=O) groups is 2. The quantitative estimate of drug-likeness (QED) is 0.738. The van der Waals surface area contributed by atoms with Gasteiger partial charge in [0, 0.05) is 24.9 Å². The van der Waals surface area contributed by atoms with Gasteiger partial charge in [0.25, 0.3) is 5.91 Å². The molecule has 2 aromatic carbocycles. The van der Waals surface area contributed by atoms with Gasteiger partial charge in [0.2, 0.25) is 5.91 Å². The molecule has 1 aliphatic carbocycles. The molecule has 1 atom stereocenters. The van der Waals surface area contributed by atoms with E-state index in [1.165, 1.54) is 36.4 Å². The first-order valence-corrected chi connectivity index (χ1v) is 11.2. The summed E-state index contributed by atoms with van der Waals surface area (Å²) in [5.41, 5.74) is 2.01. The van der Waals surface area contributed by atoms with Crippen LogP contribution >= 0.6 is 0 Å². The summed E-state index contributed by atoms with van der Waals surface area (Å²) >= 11 is 0. The summed E-state index contributed by atoms with van der Waals surface area (Å²) in [7, 11) is 1.52. The number of amides is 2. The summed E-state index contributed by atoms with van der Waals surface area (Å²) in [5.74, 6) is -0.802. The van der Waals surface area contributed by atoms with Gasteiger partial charge in [0.1, 0.15) is 11.6 Å². The lowest BCUT2D eigenvalue weighted by Gasteiger charge is -2.32. The number of rotatable bonds is 5. The summed E-state index contributed by atoms with van der Waals surface area (Å²) in [4.78, 5) is 30.7. The first kappa shape index (κ1) is 22.4. The zero-order valence-electron chi connectivity index (χ0n) is 18.2. The van der Waals surface area contributed by atoms with Crippen molar-refractivity contribution in [3.8, 4) is 0 Å². The molecule has 0 radical (unpaired) electrons. The first-order valence-electron chi connectivity index (χ1n) is 11.2. The molecule has 0 bridgehead atoms. The van der Waals surface area contributed by atoms with Crippen molar-refractivity contribution in [1.29, 1.82) is 0 Å². The molecule has 1 N–H and O–H groups in total. The molecule has 32 heavy (non-hydrogen) atoms. The monoisotopic (exact) mass is 442 g/mol. The molecule has 0 spiro atoms. The maximum Gasteiger partial charge on any atom is 0.251 e. The van der Waals surface area contributed by atoms with Gasteiger partial charge in [-0.25, -0.2) is 13.8 Å². The maximum absolute atomic E-state index is 14.0. The van der Waals surface area contributed by atoms with Gasteiger partial charge in [-0.1, -0.05) is 12.1 Å². The standard InChI is InChI=1S/C25H28F2N2O3/c1-28-24(30)20-13-17(14-22(27)15-20)12-16-2-4-19(5-3-16)25(31)29-23(10-11-32-29)18-6-8-21(26)9-7-18/h6-9,13-16,19,23H,2-5,10-12H2,1H3,(H,28,30)/t16?,19?,23-/m0/s1. The molecule has 5 nitrogen and oxygen atoms in total. The topological polar surface area (TPSA) is 58.6 Å². The van der Waals surface area contributed by atoms with Crippen LogP contribution in [0.5, 0.6) is 0 Å². The lowest BCUT2D eigenvalue weighted by atomic mass is 9.78. The second kappa shape index (κ2) is 9.77. The number of carbonyl (C=O) groups excluding carboxylic acids is 2. The molecule has 1 saturated carbocycles. The fourth-order valence-corrected chi connectivity index (χ4v) is 4.84. The molecular formula is C25H28F2N2O3. The molecule has 1 saturated heterocycles. The van der Waals surface area contributed by atoms with Crippen molar-refractivity contribution in [1.82, 2.24) is 10.4 Å². The van der Waals surface area contributed by atoms with E-state index in [-0.39, 0.29) is 29.6 Å². The van der Waals surface area contributed by atoms with Crippen molar-refractivity contribution >= 4 is 11.8 Å². The van der Waals surface area contributed by atoms with Gasteiger partial charge in [0.05, 0.1) is 12.6 Å². The van der Waals surface area contributed by atoms with Crippen molar-refractivity contribution in [2.24, 2.45) is 11.8 Å². The molecule has 0 unspecified atom stereocenters. The Bertz CT molecular complexity index is 972. The Morgan fingerprint density at radius 2 is 1.72 bits per heavy atom. The predicted molar refractivity (Wildman–Crippen MR) is 115 cm³/mol. The van der Waals surface area contributed by atoms with Crippen LogP contribution in [0.2, 0.25) is 0 Å². The van der Waals surface area contributed by atoms with Gasteiger partial charge in [-0.3, -0.25) is 14.4 Å². The molecule has 4 rings (SSSR count). The van der Waals surface area contributed by atoms with Crippen LogP contribution in [-0.2, 0) is 16.1 Å². The van der Waals surface area contributed by atoms with Crippen LogP contribution < -0.4 is 5.32 Å². The smallest absolute Gasteiger partial charge is 0.251 e. The Hall–Kier alpha value is -2.80. The Labute approximate surface area is 186 Å². The van der Waals surface area contributed by atoms with Crippen molar-refractivity contribution in [3.63, 3.8) is 0 Å². The summed E-state index contributed by atoms with van der Waals surface area (Å²) < 4.78 is 27.2. The van der Waals surface area contributed by atoms with E-state index in [2.05, 4.69) is 5.32 Å². The lowest BCUT2D eigenvalue weighted by molar-refractivity contribution is -0.183. The summed E-state index contributed by atoms with van der Waals surface area (Å²) in [6.07, 6.45) is 4.59. The molecule has 2 fully saturated rings. The van der Waals surface area contributed by atoms with E-state index in [0.717, 1.165) is 36.8 Å². The molecule has 2 aliphatic rings. The average Bonchev–Trinajstić information content (AvgIpc) is 3.28. The Morgan fingerprint density at radius 3 is 2.41 bits per heavy atom. The van der Waals surface area contributed by atoms with Crippen molar-refractivity contribution in [2.45, 2.75) is 44.6 Å². The minimum Gasteiger partial charge on any atom is -0.355 e. The molecule has 2 aromatic rings. The van der Waals surface area contributed by atoms with E-state index in [1.54, 1.807) is 18.2 Å². The largest absolute Gasteiger partial charge is 0.355 e. The number of nitrogens with one attached hydrogen (secondary N) is 1. The zero-order chi connectivity index (χ0) is 22.7. The molecular weight excluding hydrogens is 414 g/mol. The van der Waals surface area contributed by atoms with Gasteiger partial charge in [-0.2, -0.15) is 0 Å². The van der Waals surface area contributed by atoms with Crippen LogP contribution in [-0.4, -0.2) is 30.5 Å². The van der Waals surface area contributed by atoms with Crippen LogP contribution in [0.1, 0.15) is 59.6 Å². The molecule has 7 heteroatoms. The highest BCUT2D eigenvalue weighted by molar-refractivity contribution is 5.94. The third kappa shape index (κ3) is 4.99. The van der Waals surface area contributed by atoms with Crippen LogP contribution in [0.3, 0.4) is 0 Å². The minimum atomic E-state index is -0.414. The van der Waals surface area contributed by atoms with E-state index in [1.807, 2.05) is 0 Å². The fraction of sp³-hybridized carbons (Fsp3) is 0.440. The summed E-state index contributed by atoms with van der Waals surface area (Å²) in [6, 6.07) is 10.5. The van der Waals surface area contributed by atoms with Crippen LogP contribution in [0.15, 0.2) is 42.5 Å². The fourth-order valence-electron chi connectivity index (χ4n) is 4.84. The van der Waals surface area contributed by atoms with Gasteiger partial charge in [0.15, 0.2) is 0 Å². The second-order valence-corrected chi connectivity index (χ2v) is 8.70. The van der Waals surface area contributed by atoms with Gasteiger partial charge in [-0.05, 0) is 79.5 Å². The number of hydroxylamine groups is 2. The van der Waals surface area contributed by atoms with Gasteiger partial charge in [-0.15, -0.1) is 0 Å². The first-order chi connectivity index (χ1) is 15.4. The van der Waals surface area contributed by atoms with Crippen LogP contribution in [0, 0.1) is 23.5 Å². The summed E-state index contributed by atoms with van der Waals surface area (Å²) in [5, 5.41) is 4.01. The molecule has 0 aromatic heterocycles.